The Bertz CT molecular complexity index is 1370. The largest absolute Gasteiger partial charge is 0.379 e. The molecule has 1 saturated carbocycles. The predicted molar refractivity (Wildman–Crippen MR) is 151 cm³/mol. The van der Waals surface area contributed by atoms with E-state index in [4.69, 9.17) is 23.5 Å². The van der Waals surface area contributed by atoms with E-state index in [2.05, 4.69) is 51.0 Å². The van der Waals surface area contributed by atoms with E-state index in [0.29, 0.717) is 39.3 Å². The van der Waals surface area contributed by atoms with E-state index in [-0.39, 0.29) is 30.7 Å². The number of nitrogens with two attached hydrogens (primary N) is 1. The highest BCUT2D eigenvalue weighted by Gasteiger charge is 2.37. The van der Waals surface area contributed by atoms with Crippen molar-refractivity contribution >= 4 is 27.2 Å². The van der Waals surface area contributed by atoms with E-state index in [1.54, 1.807) is 6.33 Å². The second-order valence-corrected chi connectivity index (χ2v) is 11.6. The van der Waals surface area contributed by atoms with Crippen LogP contribution in [0.2, 0.25) is 0 Å². The van der Waals surface area contributed by atoms with Crippen LogP contribution in [0.25, 0.3) is 11.0 Å². The average molecular weight is 574 g/mol. The Morgan fingerprint density at radius 3 is 2.67 bits per heavy atom. The van der Waals surface area contributed by atoms with Crippen LogP contribution in [0.1, 0.15) is 55.8 Å². The molecule has 3 aromatic rings. The molecule has 3 N–H and O–H groups in total. The number of aryl methyl sites for hydroxylation is 1. The molecule has 0 aliphatic heterocycles. The molecule has 5 rings (SSSR count). The lowest BCUT2D eigenvalue weighted by Gasteiger charge is -2.19. The standard InChI is InChI=1S/C28H39N5O6S/c1-2-11-36-12-13-37-14-15-38-26-17-22(16-21(26)18-39-40(29,34)35)33-10-9-24-27(30-19-31-28(24)33)32-25-8-7-20-5-3-4-6-23(20)25/h3-6,9-10,19,21-22,25-26H,2,7-8,11-18H2,1H3,(H2,29,34,35)(H,30,31,32)/t21-,22+,25-,26-/m0/s1. The van der Waals surface area contributed by atoms with Gasteiger partial charge in [0.25, 0.3) is 0 Å². The Hall–Kier alpha value is -2.61. The number of nitrogens with one attached hydrogen (secondary N) is 1. The van der Waals surface area contributed by atoms with Crippen molar-refractivity contribution in [2.75, 3.05) is 45.0 Å². The fourth-order valence-electron chi connectivity index (χ4n) is 5.82. The molecule has 0 bridgehead atoms. The number of benzene rings is 1. The number of ether oxygens (including phenoxy) is 3. The van der Waals surface area contributed by atoms with Crippen molar-refractivity contribution in [1.82, 2.24) is 14.5 Å². The van der Waals surface area contributed by atoms with Crippen LogP contribution >= 0.6 is 0 Å². The van der Waals surface area contributed by atoms with Gasteiger partial charge in [-0.2, -0.15) is 8.42 Å². The van der Waals surface area contributed by atoms with Gasteiger partial charge in [0.2, 0.25) is 0 Å². The molecule has 4 atom stereocenters. The molecule has 1 aromatic carbocycles. The number of fused-ring (bicyclic) bond motifs is 2. The van der Waals surface area contributed by atoms with Gasteiger partial charge >= 0.3 is 10.3 Å². The summed E-state index contributed by atoms with van der Waals surface area (Å²) in [6.45, 7) is 4.63. The second-order valence-electron chi connectivity index (χ2n) is 10.4. The van der Waals surface area contributed by atoms with Crippen LogP contribution in [0.3, 0.4) is 0 Å². The third-order valence-corrected chi connectivity index (χ3v) is 8.14. The molecule has 218 valence electrons. The smallest absolute Gasteiger partial charge is 0.333 e. The van der Waals surface area contributed by atoms with Crippen molar-refractivity contribution in [3.8, 4) is 0 Å². The van der Waals surface area contributed by atoms with Gasteiger partial charge in [-0.3, -0.25) is 4.18 Å². The quantitative estimate of drug-likeness (QED) is 0.261. The second kappa shape index (κ2) is 13.4. The van der Waals surface area contributed by atoms with Gasteiger partial charge in [0, 0.05) is 24.8 Å². The van der Waals surface area contributed by atoms with Gasteiger partial charge in [-0.15, -0.1) is 0 Å². The summed E-state index contributed by atoms with van der Waals surface area (Å²) in [7, 11) is -4.05. The van der Waals surface area contributed by atoms with E-state index in [1.165, 1.54) is 11.1 Å². The van der Waals surface area contributed by atoms with Crippen LogP contribution in [0.4, 0.5) is 5.82 Å². The van der Waals surface area contributed by atoms with Gasteiger partial charge in [0.05, 0.1) is 50.6 Å². The highest BCUT2D eigenvalue weighted by Crippen LogP contribution is 2.40. The van der Waals surface area contributed by atoms with Crippen molar-refractivity contribution in [1.29, 1.82) is 0 Å². The van der Waals surface area contributed by atoms with E-state index in [9.17, 15) is 8.42 Å². The molecule has 0 radical (unpaired) electrons. The monoisotopic (exact) mass is 573 g/mol. The molecule has 2 aromatic heterocycles. The van der Waals surface area contributed by atoms with Gasteiger partial charge in [0.1, 0.15) is 17.8 Å². The van der Waals surface area contributed by atoms with Gasteiger partial charge in [0.15, 0.2) is 0 Å². The third-order valence-electron chi connectivity index (χ3n) is 7.68. The molecule has 2 heterocycles. The number of anilines is 1. The number of hydrogen-bond acceptors (Lipinski definition) is 9. The maximum Gasteiger partial charge on any atom is 0.333 e. The molecule has 2 aliphatic carbocycles. The maximum atomic E-state index is 11.5. The van der Waals surface area contributed by atoms with Gasteiger partial charge < -0.3 is 24.1 Å². The van der Waals surface area contributed by atoms with E-state index >= 15 is 0 Å². The lowest BCUT2D eigenvalue weighted by atomic mass is 10.1. The Morgan fingerprint density at radius 1 is 1.05 bits per heavy atom. The van der Waals surface area contributed by atoms with E-state index in [1.807, 2.05) is 12.3 Å². The zero-order valence-electron chi connectivity index (χ0n) is 22.9. The van der Waals surface area contributed by atoms with Gasteiger partial charge in [-0.05, 0) is 49.3 Å². The van der Waals surface area contributed by atoms with E-state index < -0.39 is 10.3 Å². The number of aromatic nitrogens is 3. The molecule has 0 saturated heterocycles. The van der Waals surface area contributed by atoms with Crippen molar-refractivity contribution < 1.29 is 26.8 Å². The first kappa shape index (κ1) is 28.9. The molecule has 0 spiro atoms. The minimum absolute atomic E-state index is 0.0339. The summed E-state index contributed by atoms with van der Waals surface area (Å²) in [6.07, 6.45) is 7.80. The zero-order valence-corrected chi connectivity index (χ0v) is 23.7. The molecule has 2 aliphatic rings. The summed E-state index contributed by atoms with van der Waals surface area (Å²) < 4.78 is 47.3. The fourth-order valence-corrected chi connectivity index (χ4v) is 6.19. The minimum Gasteiger partial charge on any atom is -0.379 e. The molecule has 1 fully saturated rings. The van der Waals surface area contributed by atoms with Crippen LogP contribution < -0.4 is 10.5 Å². The Kier molecular flexibility index (Phi) is 9.66. The lowest BCUT2D eigenvalue weighted by Crippen LogP contribution is -2.27. The first-order chi connectivity index (χ1) is 19.4. The molecular weight excluding hydrogens is 534 g/mol. The average Bonchev–Trinajstić information content (AvgIpc) is 3.66. The summed E-state index contributed by atoms with van der Waals surface area (Å²) >= 11 is 0. The van der Waals surface area contributed by atoms with Crippen molar-refractivity contribution in [3.63, 3.8) is 0 Å². The van der Waals surface area contributed by atoms with Crippen LogP contribution in [-0.2, 0) is 35.1 Å². The Morgan fingerprint density at radius 2 is 1.85 bits per heavy atom. The molecule has 12 heteroatoms. The highest BCUT2D eigenvalue weighted by atomic mass is 32.2. The summed E-state index contributed by atoms with van der Waals surface area (Å²) in [5.41, 5.74) is 3.53. The van der Waals surface area contributed by atoms with E-state index in [0.717, 1.165) is 42.7 Å². The number of hydrogen-bond donors (Lipinski definition) is 2. The lowest BCUT2D eigenvalue weighted by molar-refractivity contribution is -0.0286. The predicted octanol–water partition coefficient (Wildman–Crippen LogP) is 3.53. The van der Waals surface area contributed by atoms with Crippen LogP contribution in [0.5, 0.6) is 0 Å². The highest BCUT2D eigenvalue weighted by molar-refractivity contribution is 7.84. The molecule has 0 amide bonds. The van der Waals surface area contributed by atoms with Crippen molar-refractivity contribution in [3.05, 3.63) is 54.0 Å². The molecule has 11 nitrogen and oxygen atoms in total. The van der Waals surface area contributed by atoms with Crippen molar-refractivity contribution in [2.24, 2.45) is 11.1 Å². The van der Waals surface area contributed by atoms with Crippen LogP contribution in [0, 0.1) is 5.92 Å². The summed E-state index contributed by atoms with van der Waals surface area (Å²) in [4.78, 5) is 9.18. The first-order valence-corrected chi connectivity index (χ1v) is 15.5. The molecular formula is C28H39N5O6S. The number of rotatable bonds is 15. The number of nitrogens with zero attached hydrogens (tertiary/aromatic N) is 3. The summed E-state index contributed by atoms with van der Waals surface area (Å²) in [5.74, 6) is 0.661. The van der Waals surface area contributed by atoms with Gasteiger partial charge in [-0.25, -0.2) is 15.1 Å². The van der Waals surface area contributed by atoms with Crippen LogP contribution in [0.15, 0.2) is 42.9 Å². The maximum absolute atomic E-state index is 11.5. The fraction of sp³-hybridized carbons (Fsp3) is 0.571. The topological polar surface area (TPSA) is 140 Å². The van der Waals surface area contributed by atoms with Crippen LogP contribution in [-0.4, -0.2) is 68.7 Å². The third kappa shape index (κ3) is 7.17. The minimum atomic E-state index is -4.05. The summed E-state index contributed by atoms with van der Waals surface area (Å²) in [6, 6.07) is 10.8. The summed E-state index contributed by atoms with van der Waals surface area (Å²) in [5, 5.41) is 9.71. The first-order valence-electron chi connectivity index (χ1n) is 14.0. The Balaban J connectivity index is 1.25. The normalized spacial score (nSPS) is 22.6. The Labute approximate surface area is 235 Å². The van der Waals surface area contributed by atoms with Gasteiger partial charge in [-0.1, -0.05) is 31.2 Å². The molecule has 40 heavy (non-hydrogen) atoms. The molecule has 0 unspecified atom stereocenters. The SMILES string of the molecule is CCCOCCOCCO[C@H]1C[C@H](n2ccc3c(N[C@H]4CCc5ccccc54)ncnc32)C[C@H]1COS(N)(=O)=O. The zero-order chi connectivity index (χ0) is 28.0. The van der Waals surface area contributed by atoms with Crippen molar-refractivity contribution in [2.45, 2.75) is 57.2 Å².